The molecule has 0 unspecified atom stereocenters. The summed E-state index contributed by atoms with van der Waals surface area (Å²) in [5.41, 5.74) is 1.93. The van der Waals surface area contributed by atoms with Gasteiger partial charge >= 0.3 is 0 Å². The molecule has 0 aliphatic carbocycles. The lowest BCUT2D eigenvalue weighted by molar-refractivity contribution is -0.125. The molecule has 1 amide bonds. The second-order valence-electron chi connectivity index (χ2n) is 8.59. The maximum atomic E-state index is 12.8. The van der Waals surface area contributed by atoms with Crippen molar-refractivity contribution in [2.75, 3.05) is 38.8 Å². The summed E-state index contributed by atoms with van der Waals surface area (Å²) in [7, 11) is 3.24. The van der Waals surface area contributed by atoms with E-state index in [2.05, 4.69) is 30.3 Å². The first-order valence-corrected chi connectivity index (χ1v) is 12.9. The summed E-state index contributed by atoms with van der Waals surface area (Å²) in [6, 6.07) is 7.65. The highest BCUT2D eigenvalue weighted by Gasteiger charge is 2.25. The van der Waals surface area contributed by atoms with Gasteiger partial charge in [0.1, 0.15) is 29.8 Å². The van der Waals surface area contributed by atoms with E-state index < -0.39 is 0 Å². The number of hydrogen-bond donors (Lipinski definition) is 1. The number of nitrogens with one attached hydrogen (secondary N) is 1. The quantitative estimate of drug-likeness (QED) is 0.355. The van der Waals surface area contributed by atoms with Crippen molar-refractivity contribution in [1.29, 1.82) is 0 Å². The number of piperidine rings is 1. The van der Waals surface area contributed by atoms with Crippen LogP contribution in [0.4, 0.5) is 5.82 Å². The van der Waals surface area contributed by atoms with E-state index in [4.69, 9.17) is 14.5 Å². The largest absolute Gasteiger partial charge is 0.493 e. The summed E-state index contributed by atoms with van der Waals surface area (Å²) in [6.45, 7) is 2.07. The number of ether oxygens (including phenoxy) is 2. The van der Waals surface area contributed by atoms with Gasteiger partial charge in [-0.05, 0) is 31.0 Å². The predicted octanol–water partition coefficient (Wildman–Crippen LogP) is 2.77. The Morgan fingerprint density at radius 1 is 1.08 bits per heavy atom. The van der Waals surface area contributed by atoms with E-state index in [0.29, 0.717) is 30.3 Å². The standard InChI is InChI=1S/C25H28N8O3S/c1-35-20-4-3-18(11-21(20)36-2)25-31-19(13-37-25)5-8-27-24(34)17-6-9-32(10-7-17)22-12-23(29-15-28-22)33-16-26-14-30-33/h3-4,11-17H,5-10H2,1-2H3,(H,27,34). The van der Waals surface area contributed by atoms with Crippen LogP contribution in [-0.4, -0.2) is 69.5 Å². The van der Waals surface area contributed by atoms with Gasteiger partial charge in [-0.3, -0.25) is 4.79 Å². The second kappa shape index (κ2) is 11.3. The Hall–Kier alpha value is -4.06. The molecule has 1 N–H and O–H groups in total. The molecule has 0 radical (unpaired) electrons. The van der Waals surface area contributed by atoms with Gasteiger partial charge in [0, 0.05) is 49.0 Å². The molecule has 0 spiro atoms. The normalized spacial score (nSPS) is 13.9. The summed E-state index contributed by atoms with van der Waals surface area (Å²) in [5, 5.41) is 10.2. The molecule has 37 heavy (non-hydrogen) atoms. The van der Waals surface area contributed by atoms with Crippen LogP contribution >= 0.6 is 11.3 Å². The SMILES string of the molecule is COc1ccc(-c2nc(CCNC(=O)C3CCN(c4cc(-n5cncn5)ncn4)CC3)cs2)cc1OC. The molecule has 0 atom stereocenters. The van der Waals surface area contributed by atoms with Gasteiger partial charge in [0.25, 0.3) is 0 Å². The van der Waals surface area contributed by atoms with Crippen LogP contribution < -0.4 is 19.7 Å². The smallest absolute Gasteiger partial charge is 0.223 e. The van der Waals surface area contributed by atoms with E-state index in [0.717, 1.165) is 48.0 Å². The van der Waals surface area contributed by atoms with Gasteiger partial charge in [0.15, 0.2) is 17.3 Å². The average molecular weight is 521 g/mol. The van der Waals surface area contributed by atoms with Gasteiger partial charge < -0.3 is 19.7 Å². The fourth-order valence-electron chi connectivity index (χ4n) is 4.31. The van der Waals surface area contributed by atoms with E-state index in [-0.39, 0.29) is 11.8 Å². The molecule has 1 aliphatic rings. The number of nitrogens with zero attached hydrogens (tertiary/aromatic N) is 7. The number of rotatable bonds is 9. The zero-order valence-electron chi connectivity index (χ0n) is 20.7. The second-order valence-corrected chi connectivity index (χ2v) is 9.45. The van der Waals surface area contributed by atoms with E-state index >= 15 is 0 Å². The summed E-state index contributed by atoms with van der Waals surface area (Å²) < 4.78 is 12.3. The molecule has 1 fully saturated rings. The van der Waals surface area contributed by atoms with Crippen LogP contribution in [0.1, 0.15) is 18.5 Å². The molecule has 3 aromatic heterocycles. The van der Waals surface area contributed by atoms with Crippen molar-refractivity contribution in [3.05, 3.63) is 54.3 Å². The molecule has 0 bridgehead atoms. The molecule has 1 saturated heterocycles. The predicted molar refractivity (Wildman–Crippen MR) is 139 cm³/mol. The number of benzene rings is 1. The molecule has 1 aliphatic heterocycles. The molecule has 0 saturated carbocycles. The highest BCUT2D eigenvalue weighted by molar-refractivity contribution is 7.13. The third kappa shape index (κ3) is 5.69. The van der Waals surface area contributed by atoms with E-state index in [1.54, 1.807) is 36.6 Å². The van der Waals surface area contributed by atoms with Crippen LogP contribution in [-0.2, 0) is 11.2 Å². The Kier molecular flexibility index (Phi) is 7.54. The fourth-order valence-corrected chi connectivity index (χ4v) is 5.17. The Labute approximate surface area is 218 Å². The summed E-state index contributed by atoms with van der Waals surface area (Å²) in [4.78, 5) is 32.3. The minimum atomic E-state index is -0.00867. The topological polar surface area (TPSA) is 120 Å². The molecule has 5 rings (SSSR count). The lowest BCUT2D eigenvalue weighted by Crippen LogP contribution is -2.41. The highest BCUT2D eigenvalue weighted by atomic mass is 32.1. The first-order valence-electron chi connectivity index (χ1n) is 12.0. The molecule has 11 nitrogen and oxygen atoms in total. The monoisotopic (exact) mass is 520 g/mol. The minimum absolute atomic E-state index is 0.00867. The van der Waals surface area contributed by atoms with Gasteiger partial charge in [0.2, 0.25) is 5.91 Å². The summed E-state index contributed by atoms with van der Waals surface area (Å²) in [6.07, 6.45) is 6.83. The number of thiazole rings is 1. The Bertz CT molecular complexity index is 1340. The van der Waals surface area contributed by atoms with Gasteiger partial charge in [-0.1, -0.05) is 0 Å². The third-order valence-corrected chi connectivity index (χ3v) is 7.28. The Morgan fingerprint density at radius 2 is 1.89 bits per heavy atom. The van der Waals surface area contributed by atoms with Crippen molar-refractivity contribution in [3.63, 3.8) is 0 Å². The maximum absolute atomic E-state index is 12.8. The number of amides is 1. The molecule has 192 valence electrons. The van der Waals surface area contributed by atoms with Crippen LogP contribution in [0.5, 0.6) is 11.5 Å². The van der Waals surface area contributed by atoms with Gasteiger partial charge in [0.05, 0.1) is 19.9 Å². The molecular formula is C25H28N8O3S. The van der Waals surface area contributed by atoms with Crippen LogP contribution in [0.25, 0.3) is 16.4 Å². The zero-order chi connectivity index (χ0) is 25.6. The number of carbonyl (C=O) groups is 1. The van der Waals surface area contributed by atoms with Gasteiger partial charge in [-0.25, -0.2) is 24.6 Å². The summed E-state index contributed by atoms with van der Waals surface area (Å²) >= 11 is 1.58. The summed E-state index contributed by atoms with van der Waals surface area (Å²) in [5.74, 6) is 2.94. The fraction of sp³-hybridized carbons (Fsp3) is 0.360. The molecule has 4 aromatic rings. The van der Waals surface area contributed by atoms with Crippen molar-refractivity contribution in [1.82, 2.24) is 35.0 Å². The van der Waals surface area contributed by atoms with Gasteiger partial charge in [-0.2, -0.15) is 5.10 Å². The highest BCUT2D eigenvalue weighted by Crippen LogP contribution is 2.33. The number of anilines is 1. The van der Waals surface area contributed by atoms with Crippen molar-refractivity contribution < 1.29 is 14.3 Å². The van der Waals surface area contributed by atoms with Gasteiger partial charge in [-0.15, -0.1) is 11.3 Å². The molecule has 1 aromatic carbocycles. The number of carbonyl (C=O) groups excluding carboxylic acids is 1. The van der Waals surface area contributed by atoms with Crippen molar-refractivity contribution in [2.24, 2.45) is 5.92 Å². The van der Waals surface area contributed by atoms with Crippen LogP contribution in [0, 0.1) is 5.92 Å². The van der Waals surface area contributed by atoms with E-state index in [1.165, 1.54) is 12.7 Å². The minimum Gasteiger partial charge on any atom is -0.493 e. The molecule has 4 heterocycles. The Morgan fingerprint density at radius 3 is 2.65 bits per heavy atom. The van der Waals surface area contributed by atoms with Crippen molar-refractivity contribution in [3.8, 4) is 27.9 Å². The lowest BCUT2D eigenvalue weighted by atomic mass is 9.96. The number of methoxy groups -OCH3 is 2. The molecule has 12 heteroatoms. The lowest BCUT2D eigenvalue weighted by Gasteiger charge is -2.32. The van der Waals surface area contributed by atoms with Crippen LogP contribution in [0.3, 0.4) is 0 Å². The molecular weight excluding hydrogens is 492 g/mol. The van der Waals surface area contributed by atoms with Crippen LogP contribution in [0.2, 0.25) is 0 Å². The third-order valence-electron chi connectivity index (χ3n) is 6.34. The van der Waals surface area contributed by atoms with Crippen LogP contribution in [0.15, 0.2) is 48.6 Å². The van der Waals surface area contributed by atoms with E-state index in [1.807, 2.05) is 29.6 Å². The first-order chi connectivity index (χ1) is 18.1. The zero-order valence-corrected chi connectivity index (χ0v) is 21.5. The Balaban J connectivity index is 1.10. The van der Waals surface area contributed by atoms with E-state index in [9.17, 15) is 4.79 Å². The number of aromatic nitrogens is 6. The van der Waals surface area contributed by atoms with Crippen molar-refractivity contribution in [2.45, 2.75) is 19.3 Å². The number of hydrogen-bond acceptors (Lipinski definition) is 10. The average Bonchev–Trinajstić information content (AvgIpc) is 3.66. The maximum Gasteiger partial charge on any atom is 0.223 e. The first kappa shape index (κ1) is 24.6. The van der Waals surface area contributed by atoms with Crippen molar-refractivity contribution >= 4 is 23.1 Å².